The molecule has 1 aromatic heterocycles. The summed E-state index contributed by atoms with van der Waals surface area (Å²) < 4.78 is 26.5. The summed E-state index contributed by atoms with van der Waals surface area (Å²) in [7, 11) is -4.41. The number of rotatable bonds is 4. The lowest BCUT2D eigenvalue weighted by atomic mass is 10.3. The van der Waals surface area contributed by atoms with Crippen molar-refractivity contribution < 1.29 is 13.2 Å². The number of hydrogen-bond donors (Lipinski definition) is 0. The molecule has 1 heterocycles. The highest BCUT2D eigenvalue weighted by Crippen LogP contribution is 2.16. The summed E-state index contributed by atoms with van der Waals surface area (Å²) in [6.45, 7) is 1.77. The van der Waals surface area contributed by atoms with Gasteiger partial charge >= 0.3 is 10.2 Å². The average Bonchev–Trinajstić information content (AvgIpc) is 2.68. The minimum Gasteiger partial charge on any atom is -0.220 e. The van der Waals surface area contributed by atoms with E-state index >= 15 is 0 Å². The highest BCUT2D eigenvalue weighted by atomic mass is 32.2. The molecule has 0 bridgehead atoms. The summed E-state index contributed by atoms with van der Waals surface area (Å²) in [6.07, 6.45) is 1.68. The van der Waals surface area contributed by atoms with Crippen LogP contribution in [0.15, 0.2) is 4.40 Å². The molecule has 0 aliphatic rings. The Labute approximate surface area is 103 Å². The highest BCUT2D eigenvalue weighted by Gasteiger charge is 2.25. The number of nitriles is 2. The molecule has 0 saturated carbocycles. The molecule has 0 aliphatic heterocycles. The molecule has 18 heavy (non-hydrogen) atoms. The van der Waals surface area contributed by atoms with Gasteiger partial charge in [-0.2, -0.15) is 22.9 Å². The van der Waals surface area contributed by atoms with Gasteiger partial charge in [0.05, 0.1) is 0 Å². The predicted molar refractivity (Wildman–Crippen MR) is 58.1 cm³/mol. The number of carbonyl (C=O) groups excluding carboxylic acids is 1. The van der Waals surface area contributed by atoms with Crippen molar-refractivity contribution >= 4 is 16.3 Å². The van der Waals surface area contributed by atoms with Crippen LogP contribution in [0.1, 0.15) is 30.6 Å². The minimum atomic E-state index is -4.41. The van der Waals surface area contributed by atoms with E-state index in [2.05, 4.69) is 9.38 Å². The minimum absolute atomic E-state index is 0.00963. The molecule has 0 fully saturated rings. The van der Waals surface area contributed by atoms with Gasteiger partial charge in [0.1, 0.15) is 18.0 Å². The van der Waals surface area contributed by atoms with E-state index in [0.29, 0.717) is 10.4 Å². The van der Waals surface area contributed by atoms with Gasteiger partial charge in [0.2, 0.25) is 0 Å². The zero-order chi connectivity index (χ0) is 13.8. The first kappa shape index (κ1) is 13.6. The third-order valence-electron chi connectivity index (χ3n) is 1.97. The van der Waals surface area contributed by atoms with E-state index in [0.717, 1.165) is 6.08 Å². The second-order valence-corrected chi connectivity index (χ2v) is 4.57. The molecule has 0 radical (unpaired) electrons. The highest BCUT2D eigenvalue weighted by molar-refractivity contribution is 7.88. The van der Waals surface area contributed by atoms with Crippen molar-refractivity contribution in [1.82, 2.24) is 8.96 Å². The number of aromatic nitrogens is 2. The molecule has 0 unspecified atom stereocenters. The first-order chi connectivity index (χ1) is 8.51. The van der Waals surface area contributed by atoms with Gasteiger partial charge in [-0.15, -0.1) is 0 Å². The van der Waals surface area contributed by atoms with Crippen LogP contribution in [0.2, 0.25) is 0 Å². The molecule has 0 atom stereocenters. The molecule has 1 rings (SSSR count). The Morgan fingerprint density at radius 3 is 2.50 bits per heavy atom. The molecular formula is C9H7N5O3S. The summed E-state index contributed by atoms with van der Waals surface area (Å²) in [5, 5.41) is 17.6. The van der Waals surface area contributed by atoms with Crippen LogP contribution >= 0.6 is 0 Å². The monoisotopic (exact) mass is 265 g/mol. The van der Waals surface area contributed by atoms with Crippen molar-refractivity contribution in [2.45, 2.75) is 19.8 Å². The summed E-state index contributed by atoms with van der Waals surface area (Å²) in [5.41, 5.74) is -0.773. The van der Waals surface area contributed by atoms with Crippen LogP contribution in [0, 0.1) is 22.7 Å². The Bertz CT molecular complexity index is 698. The van der Waals surface area contributed by atoms with Crippen molar-refractivity contribution in [3.8, 4) is 12.1 Å². The number of isocyanates is 1. The Morgan fingerprint density at radius 1 is 1.39 bits per heavy atom. The van der Waals surface area contributed by atoms with Crippen LogP contribution in [0.4, 0.5) is 0 Å². The van der Waals surface area contributed by atoms with Crippen molar-refractivity contribution in [2.75, 3.05) is 0 Å². The molecule has 0 aromatic carbocycles. The standard InChI is InChI=1S/C9H7N5O3S/c1-2-3-9-13-7(4-10)8(5-11)14(9)18(16,17)12-6-15/h2-3H2,1H3. The van der Waals surface area contributed by atoms with Gasteiger partial charge in [0.25, 0.3) is 6.08 Å². The van der Waals surface area contributed by atoms with E-state index in [-0.39, 0.29) is 17.9 Å². The van der Waals surface area contributed by atoms with E-state index in [1.165, 1.54) is 0 Å². The SMILES string of the molecule is CCCc1nc(C#N)c(C#N)n1S(=O)(=O)N=C=O. The molecule has 1 aromatic rings. The van der Waals surface area contributed by atoms with Crippen LogP contribution in [-0.4, -0.2) is 23.5 Å². The van der Waals surface area contributed by atoms with Crippen molar-refractivity contribution in [2.24, 2.45) is 4.40 Å². The Morgan fingerprint density at radius 2 is 2.06 bits per heavy atom. The maximum absolute atomic E-state index is 11.7. The second-order valence-electron chi connectivity index (χ2n) is 3.12. The van der Waals surface area contributed by atoms with Gasteiger partial charge < -0.3 is 0 Å². The Hall–Kier alpha value is -2.48. The molecule has 0 N–H and O–H groups in total. The van der Waals surface area contributed by atoms with Crippen LogP contribution in [-0.2, 0) is 21.4 Å². The third kappa shape index (κ3) is 2.28. The van der Waals surface area contributed by atoms with Crippen LogP contribution in [0.3, 0.4) is 0 Å². The zero-order valence-corrected chi connectivity index (χ0v) is 10.1. The first-order valence-corrected chi connectivity index (χ1v) is 6.18. The lowest BCUT2D eigenvalue weighted by molar-refractivity contribution is 0.562. The van der Waals surface area contributed by atoms with Crippen LogP contribution in [0.5, 0.6) is 0 Å². The summed E-state index contributed by atoms with van der Waals surface area (Å²) in [6, 6.07) is 3.19. The van der Waals surface area contributed by atoms with Crippen molar-refractivity contribution in [3.63, 3.8) is 0 Å². The number of aryl methyl sites for hydroxylation is 1. The molecule has 0 saturated heterocycles. The normalized spacial score (nSPS) is 10.2. The lowest BCUT2D eigenvalue weighted by Crippen LogP contribution is -2.15. The molecule has 0 aliphatic carbocycles. The fourth-order valence-corrected chi connectivity index (χ4v) is 2.28. The van der Waals surface area contributed by atoms with Crippen LogP contribution < -0.4 is 0 Å². The molecule has 0 spiro atoms. The van der Waals surface area contributed by atoms with Crippen molar-refractivity contribution in [3.05, 3.63) is 17.2 Å². The van der Waals surface area contributed by atoms with Crippen LogP contribution in [0.25, 0.3) is 0 Å². The number of hydrogen-bond acceptors (Lipinski definition) is 6. The van der Waals surface area contributed by atoms with Gasteiger partial charge in [0.15, 0.2) is 11.4 Å². The van der Waals surface area contributed by atoms with E-state index in [1.807, 2.05) is 0 Å². The van der Waals surface area contributed by atoms with E-state index in [4.69, 9.17) is 10.5 Å². The second kappa shape index (κ2) is 5.23. The lowest BCUT2D eigenvalue weighted by Gasteiger charge is -2.03. The molecular weight excluding hydrogens is 258 g/mol. The largest absolute Gasteiger partial charge is 0.361 e. The zero-order valence-electron chi connectivity index (χ0n) is 9.28. The average molecular weight is 265 g/mol. The first-order valence-electron chi connectivity index (χ1n) is 4.78. The fraction of sp³-hybridized carbons (Fsp3) is 0.333. The van der Waals surface area contributed by atoms with Gasteiger partial charge in [-0.05, 0) is 6.42 Å². The van der Waals surface area contributed by atoms with Gasteiger partial charge in [-0.3, -0.25) is 0 Å². The number of nitrogens with zero attached hydrogens (tertiary/aromatic N) is 5. The summed E-state index contributed by atoms with van der Waals surface area (Å²) in [4.78, 5) is 13.8. The fourth-order valence-electron chi connectivity index (χ4n) is 1.35. The molecule has 8 nitrogen and oxygen atoms in total. The predicted octanol–water partition coefficient (Wildman–Crippen LogP) is 0.00766. The molecule has 0 amide bonds. The smallest absolute Gasteiger partial charge is 0.220 e. The third-order valence-corrected chi connectivity index (χ3v) is 3.13. The van der Waals surface area contributed by atoms with Gasteiger partial charge in [-0.1, -0.05) is 11.3 Å². The maximum atomic E-state index is 11.7. The quantitative estimate of drug-likeness (QED) is 0.556. The van der Waals surface area contributed by atoms with E-state index in [1.54, 1.807) is 19.1 Å². The summed E-state index contributed by atoms with van der Waals surface area (Å²) >= 11 is 0. The van der Waals surface area contributed by atoms with E-state index in [9.17, 15) is 13.2 Å². The van der Waals surface area contributed by atoms with Crippen molar-refractivity contribution in [1.29, 1.82) is 10.5 Å². The Kier molecular flexibility index (Phi) is 3.95. The van der Waals surface area contributed by atoms with E-state index < -0.39 is 15.9 Å². The van der Waals surface area contributed by atoms with Gasteiger partial charge in [0, 0.05) is 6.42 Å². The Balaban J connectivity index is 3.70. The molecule has 9 heteroatoms. The molecule has 92 valence electrons. The number of imidazole rings is 1. The van der Waals surface area contributed by atoms with Gasteiger partial charge in [-0.25, -0.2) is 9.78 Å². The topological polar surface area (TPSA) is 129 Å². The summed E-state index contributed by atoms with van der Waals surface area (Å²) in [5.74, 6) is -0.00963. The maximum Gasteiger partial charge on any atom is 0.361 e.